The fourth-order valence-corrected chi connectivity index (χ4v) is 1.48. The maximum Gasteiger partial charge on any atom is 0.265 e. The van der Waals surface area contributed by atoms with E-state index in [2.05, 4.69) is 26.0 Å². The van der Waals surface area contributed by atoms with Gasteiger partial charge in [0.1, 0.15) is 0 Å². The van der Waals surface area contributed by atoms with E-state index >= 15 is 0 Å². The Morgan fingerprint density at radius 2 is 2.06 bits per heavy atom. The van der Waals surface area contributed by atoms with Crippen molar-refractivity contribution < 1.29 is 0 Å². The summed E-state index contributed by atoms with van der Waals surface area (Å²) in [5.74, 6) is 0. The van der Waals surface area contributed by atoms with Crippen LogP contribution in [0.5, 0.6) is 0 Å². The van der Waals surface area contributed by atoms with Crippen molar-refractivity contribution in [3.63, 3.8) is 0 Å². The number of pyridine rings is 1. The first-order chi connectivity index (χ1) is 7.65. The molecular formula is C10H8BrN3O2. The summed E-state index contributed by atoms with van der Waals surface area (Å²) in [5, 5.41) is 2.44. The van der Waals surface area contributed by atoms with Gasteiger partial charge in [0.25, 0.3) is 11.1 Å². The first-order valence-corrected chi connectivity index (χ1v) is 5.35. The van der Waals surface area contributed by atoms with E-state index in [0.29, 0.717) is 5.69 Å². The zero-order valence-electron chi connectivity index (χ0n) is 8.18. The number of halogens is 1. The Morgan fingerprint density at radius 1 is 1.25 bits per heavy atom. The Labute approximate surface area is 98.9 Å². The Balaban J connectivity index is 2.33. The van der Waals surface area contributed by atoms with Gasteiger partial charge < -0.3 is 0 Å². The van der Waals surface area contributed by atoms with Crippen LogP contribution in [0.25, 0.3) is 0 Å². The van der Waals surface area contributed by atoms with Crippen molar-refractivity contribution in [3.05, 3.63) is 61.3 Å². The molecule has 6 heteroatoms. The van der Waals surface area contributed by atoms with Crippen molar-refractivity contribution in [1.82, 2.24) is 14.8 Å². The molecular weight excluding hydrogens is 274 g/mol. The lowest BCUT2D eigenvalue weighted by Crippen LogP contribution is -2.28. The second-order valence-corrected chi connectivity index (χ2v) is 4.12. The molecule has 0 bridgehead atoms. The highest BCUT2D eigenvalue weighted by atomic mass is 79.9. The highest BCUT2D eigenvalue weighted by Crippen LogP contribution is 2.07. The van der Waals surface area contributed by atoms with Crippen LogP contribution in [0.4, 0.5) is 0 Å². The molecule has 2 aromatic heterocycles. The topological polar surface area (TPSA) is 67.8 Å². The molecule has 5 nitrogen and oxygen atoms in total. The second kappa shape index (κ2) is 4.44. The maximum atomic E-state index is 11.4. The van der Waals surface area contributed by atoms with Crippen LogP contribution in [0, 0.1) is 0 Å². The second-order valence-electron chi connectivity index (χ2n) is 3.20. The van der Waals surface area contributed by atoms with Crippen molar-refractivity contribution in [1.29, 1.82) is 0 Å². The summed E-state index contributed by atoms with van der Waals surface area (Å²) in [6.07, 6.45) is 1.64. The highest BCUT2D eigenvalue weighted by molar-refractivity contribution is 9.10. The average Bonchev–Trinajstić information content (AvgIpc) is 2.27. The molecule has 2 aromatic rings. The van der Waals surface area contributed by atoms with Gasteiger partial charge in [-0.1, -0.05) is 0 Å². The summed E-state index contributed by atoms with van der Waals surface area (Å²) < 4.78 is 2.09. The van der Waals surface area contributed by atoms with Crippen molar-refractivity contribution in [3.8, 4) is 0 Å². The summed E-state index contributed by atoms with van der Waals surface area (Å²) in [4.78, 5) is 26.6. The minimum atomic E-state index is -0.309. The number of H-pyrrole nitrogens is 1. The molecule has 0 spiro atoms. The molecule has 0 amide bonds. The van der Waals surface area contributed by atoms with Gasteiger partial charge in [0, 0.05) is 22.8 Å². The van der Waals surface area contributed by atoms with E-state index in [4.69, 9.17) is 0 Å². The third-order valence-electron chi connectivity index (χ3n) is 2.00. The molecule has 0 aromatic carbocycles. The SMILES string of the molecule is O=c1ccc(=O)n(Cc2ccc(Br)cn2)[nH]1. The molecule has 0 saturated carbocycles. The van der Waals surface area contributed by atoms with Gasteiger partial charge in [-0.15, -0.1) is 0 Å². The fraction of sp³-hybridized carbons (Fsp3) is 0.100. The van der Waals surface area contributed by atoms with E-state index in [0.717, 1.165) is 4.47 Å². The van der Waals surface area contributed by atoms with Crippen molar-refractivity contribution in [2.75, 3.05) is 0 Å². The minimum absolute atomic E-state index is 0.252. The fourth-order valence-electron chi connectivity index (χ4n) is 1.24. The van der Waals surface area contributed by atoms with Crippen LogP contribution >= 0.6 is 15.9 Å². The number of hydrogen-bond acceptors (Lipinski definition) is 3. The molecule has 2 rings (SSSR count). The van der Waals surface area contributed by atoms with Crippen LogP contribution in [-0.4, -0.2) is 14.8 Å². The molecule has 82 valence electrons. The van der Waals surface area contributed by atoms with Gasteiger partial charge in [-0.2, -0.15) is 0 Å². The van der Waals surface area contributed by atoms with Crippen LogP contribution in [0.2, 0.25) is 0 Å². The molecule has 2 heterocycles. The van der Waals surface area contributed by atoms with Crippen LogP contribution in [0.3, 0.4) is 0 Å². The smallest absolute Gasteiger partial charge is 0.265 e. The molecule has 0 saturated heterocycles. The first kappa shape index (κ1) is 10.8. The monoisotopic (exact) mass is 281 g/mol. The van der Waals surface area contributed by atoms with E-state index in [1.165, 1.54) is 16.8 Å². The molecule has 0 aliphatic carbocycles. The quantitative estimate of drug-likeness (QED) is 0.883. The number of nitrogens with zero attached hydrogens (tertiary/aromatic N) is 2. The number of rotatable bonds is 2. The summed E-state index contributed by atoms with van der Waals surface area (Å²) in [5.41, 5.74) is 0.133. The maximum absolute atomic E-state index is 11.4. The predicted molar refractivity (Wildman–Crippen MR) is 62.4 cm³/mol. The Kier molecular flexibility index (Phi) is 3.00. The van der Waals surface area contributed by atoms with Gasteiger partial charge in [-0.05, 0) is 28.1 Å². The average molecular weight is 282 g/mol. The Morgan fingerprint density at radius 3 is 2.75 bits per heavy atom. The summed E-state index contributed by atoms with van der Waals surface area (Å²) >= 11 is 3.27. The molecule has 16 heavy (non-hydrogen) atoms. The Hall–Kier alpha value is -1.69. The molecule has 1 N–H and O–H groups in total. The lowest BCUT2D eigenvalue weighted by molar-refractivity contribution is 0.617. The van der Waals surface area contributed by atoms with Crippen molar-refractivity contribution in [2.45, 2.75) is 6.54 Å². The summed E-state index contributed by atoms with van der Waals surface area (Å²) in [7, 11) is 0. The van der Waals surface area contributed by atoms with E-state index < -0.39 is 0 Å². The van der Waals surface area contributed by atoms with E-state index in [9.17, 15) is 9.59 Å². The zero-order valence-corrected chi connectivity index (χ0v) is 9.77. The number of nitrogens with one attached hydrogen (secondary N) is 1. The van der Waals surface area contributed by atoms with Crippen LogP contribution in [-0.2, 0) is 6.54 Å². The summed E-state index contributed by atoms with van der Waals surface area (Å²) in [6.45, 7) is 0.252. The van der Waals surface area contributed by atoms with E-state index in [1.54, 1.807) is 12.3 Å². The van der Waals surface area contributed by atoms with Crippen LogP contribution in [0.15, 0.2) is 44.5 Å². The molecule has 0 radical (unpaired) electrons. The van der Waals surface area contributed by atoms with E-state index in [-0.39, 0.29) is 17.7 Å². The van der Waals surface area contributed by atoms with E-state index in [1.807, 2.05) is 6.07 Å². The number of aromatic nitrogens is 3. The van der Waals surface area contributed by atoms with Gasteiger partial charge in [-0.25, -0.2) is 4.68 Å². The molecule has 0 aliphatic heterocycles. The number of hydrogen-bond donors (Lipinski definition) is 1. The van der Waals surface area contributed by atoms with Crippen LogP contribution in [0.1, 0.15) is 5.69 Å². The van der Waals surface area contributed by atoms with Gasteiger partial charge in [0.05, 0.1) is 12.2 Å². The van der Waals surface area contributed by atoms with Gasteiger partial charge >= 0.3 is 0 Å². The molecule has 0 atom stereocenters. The molecule has 0 aliphatic rings. The standard InChI is InChI=1S/C10H8BrN3O2/c11-7-1-2-8(12-5-7)6-14-10(16)4-3-9(15)13-14/h1-5H,6H2,(H,13,15). The molecule has 0 unspecified atom stereocenters. The number of aromatic amines is 1. The van der Waals surface area contributed by atoms with Gasteiger partial charge in [-0.3, -0.25) is 19.7 Å². The third kappa shape index (κ3) is 2.46. The van der Waals surface area contributed by atoms with Crippen LogP contribution < -0.4 is 11.1 Å². The van der Waals surface area contributed by atoms with Gasteiger partial charge in [0.15, 0.2) is 0 Å². The van der Waals surface area contributed by atoms with Crippen molar-refractivity contribution in [2.24, 2.45) is 0 Å². The summed E-state index contributed by atoms with van der Waals surface area (Å²) in [6, 6.07) is 6.04. The predicted octanol–water partition coefficient (Wildman–Crippen LogP) is 0.742. The lowest BCUT2D eigenvalue weighted by Gasteiger charge is -2.03. The highest BCUT2D eigenvalue weighted by Gasteiger charge is 1.99. The Bertz CT molecular complexity index is 600. The normalized spacial score (nSPS) is 10.3. The van der Waals surface area contributed by atoms with Gasteiger partial charge in [0.2, 0.25) is 0 Å². The molecule has 0 fully saturated rings. The zero-order chi connectivity index (χ0) is 11.5. The largest absolute Gasteiger partial charge is 0.268 e. The minimum Gasteiger partial charge on any atom is -0.268 e. The van der Waals surface area contributed by atoms with Crippen molar-refractivity contribution >= 4 is 15.9 Å². The first-order valence-electron chi connectivity index (χ1n) is 4.56. The third-order valence-corrected chi connectivity index (χ3v) is 2.47. The lowest BCUT2D eigenvalue weighted by atomic mass is 10.3.